The van der Waals surface area contributed by atoms with Crippen LogP contribution in [0.25, 0.3) is 0 Å². The van der Waals surface area contributed by atoms with E-state index >= 15 is 0 Å². The van der Waals surface area contributed by atoms with Crippen LogP contribution in [-0.4, -0.2) is 55.4 Å². The van der Waals surface area contributed by atoms with E-state index in [9.17, 15) is 5.11 Å². The predicted molar refractivity (Wildman–Crippen MR) is 105 cm³/mol. The summed E-state index contributed by atoms with van der Waals surface area (Å²) in [5.74, 6) is 0.487. The molecule has 4 rings (SSSR count). The first-order valence-corrected chi connectivity index (χ1v) is 10.2. The Morgan fingerprint density at radius 3 is 2.56 bits per heavy atom. The highest BCUT2D eigenvalue weighted by Crippen LogP contribution is 2.43. The van der Waals surface area contributed by atoms with Gasteiger partial charge in [-0.25, -0.2) is 0 Å². The highest BCUT2D eigenvalue weighted by Gasteiger charge is 2.41. The van der Waals surface area contributed by atoms with E-state index < -0.39 is 0 Å². The summed E-state index contributed by atoms with van der Waals surface area (Å²) in [5.41, 5.74) is 3.17. The molecule has 0 aliphatic carbocycles. The molecular formula is C21H35N3O. The van der Waals surface area contributed by atoms with Crippen molar-refractivity contribution >= 4 is 5.69 Å². The number of nitrogens with zero attached hydrogens (tertiary/aromatic N) is 1. The smallest absolute Gasteiger partial charge is 0.0696 e. The minimum Gasteiger partial charge on any atom is -0.392 e. The third kappa shape index (κ3) is 4.02. The zero-order valence-corrected chi connectivity index (χ0v) is 15.9. The van der Waals surface area contributed by atoms with Gasteiger partial charge in [-0.2, -0.15) is 0 Å². The lowest BCUT2D eigenvalue weighted by Crippen LogP contribution is -2.48. The van der Waals surface area contributed by atoms with Gasteiger partial charge in [0.2, 0.25) is 0 Å². The summed E-state index contributed by atoms with van der Waals surface area (Å²) < 4.78 is 0. The van der Waals surface area contributed by atoms with E-state index in [2.05, 4.69) is 39.8 Å². The van der Waals surface area contributed by atoms with E-state index in [-0.39, 0.29) is 6.10 Å². The molecule has 0 amide bonds. The minimum absolute atomic E-state index is 0.153. The lowest BCUT2D eigenvalue weighted by atomic mass is 9.74. The molecule has 0 saturated carbocycles. The van der Waals surface area contributed by atoms with Crippen LogP contribution in [0.3, 0.4) is 0 Å². The van der Waals surface area contributed by atoms with E-state index in [0.717, 1.165) is 52.1 Å². The first kappa shape index (κ1) is 18.7. The van der Waals surface area contributed by atoms with E-state index in [4.69, 9.17) is 0 Å². The van der Waals surface area contributed by atoms with Crippen molar-refractivity contribution < 1.29 is 5.11 Å². The molecule has 3 aliphatic heterocycles. The molecule has 1 aromatic rings. The van der Waals surface area contributed by atoms with Gasteiger partial charge in [-0.15, -0.1) is 0 Å². The van der Waals surface area contributed by atoms with Gasteiger partial charge in [0.25, 0.3) is 0 Å². The summed E-state index contributed by atoms with van der Waals surface area (Å²) in [4.78, 5) is 2.49. The number of aliphatic hydroxyl groups is 1. The molecule has 1 atom stereocenters. The third-order valence-corrected chi connectivity index (χ3v) is 6.30. The molecule has 25 heavy (non-hydrogen) atoms. The predicted octanol–water partition coefficient (Wildman–Crippen LogP) is 2.83. The molecule has 3 aliphatic rings. The number of anilines is 1. The zero-order valence-electron chi connectivity index (χ0n) is 15.9. The number of rotatable bonds is 3. The average Bonchev–Trinajstić information content (AvgIpc) is 3.05. The number of benzene rings is 1. The number of hydrogen-bond acceptors (Lipinski definition) is 4. The molecule has 1 unspecified atom stereocenters. The highest BCUT2D eigenvalue weighted by atomic mass is 16.3. The molecule has 2 fully saturated rings. The third-order valence-electron chi connectivity index (χ3n) is 6.30. The van der Waals surface area contributed by atoms with Crippen LogP contribution in [0.5, 0.6) is 0 Å². The van der Waals surface area contributed by atoms with E-state index in [0.29, 0.717) is 11.3 Å². The first-order valence-electron chi connectivity index (χ1n) is 10.2. The molecule has 2 saturated heterocycles. The quantitative estimate of drug-likeness (QED) is 0.788. The fourth-order valence-electron chi connectivity index (χ4n) is 4.71. The fourth-order valence-corrected chi connectivity index (χ4v) is 4.71. The SMILES string of the molecule is CC.OC(CN1CCC2(CC1)CNc1ccccc12)C1CCNCC1. The van der Waals surface area contributed by atoms with Gasteiger partial charge in [0.05, 0.1) is 6.10 Å². The first-order chi connectivity index (χ1) is 12.3. The number of fused-ring (bicyclic) bond motifs is 2. The second-order valence-electron chi connectivity index (χ2n) is 7.63. The number of aliphatic hydroxyl groups excluding tert-OH is 1. The molecule has 1 aromatic carbocycles. The van der Waals surface area contributed by atoms with Gasteiger partial charge in [-0.3, -0.25) is 0 Å². The molecular weight excluding hydrogens is 310 g/mol. The number of para-hydroxylation sites is 1. The number of β-amino-alcohol motifs (C(OH)–C–C–N with tert-alkyl or cyclic N) is 1. The fraction of sp³-hybridized carbons (Fsp3) is 0.714. The molecule has 0 bridgehead atoms. The Bertz CT molecular complexity index is 534. The van der Waals surface area contributed by atoms with Crippen LogP contribution in [0.4, 0.5) is 5.69 Å². The maximum absolute atomic E-state index is 10.6. The van der Waals surface area contributed by atoms with E-state index in [1.807, 2.05) is 13.8 Å². The molecule has 140 valence electrons. The summed E-state index contributed by atoms with van der Waals surface area (Å²) in [7, 11) is 0. The number of hydrogen-bond donors (Lipinski definition) is 3. The van der Waals surface area contributed by atoms with Crippen molar-refractivity contribution in [3.05, 3.63) is 29.8 Å². The second-order valence-corrected chi connectivity index (χ2v) is 7.63. The normalized spacial score (nSPS) is 24.1. The standard InChI is InChI=1S/C19H29N3O.C2H6/c23-18(15-5-9-20-10-6-15)13-22-11-7-19(8-12-22)14-21-17-4-2-1-3-16(17)19;1-2/h1-4,15,18,20-21,23H,5-14H2;1-2H3. The Morgan fingerprint density at radius 1 is 1.16 bits per heavy atom. The van der Waals surface area contributed by atoms with Gasteiger partial charge < -0.3 is 20.6 Å². The molecule has 1 spiro atoms. The van der Waals surface area contributed by atoms with Crippen molar-refractivity contribution in [2.24, 2.45) is 5.92 Å². The molecule has 0 aromatic heterocycles. The Labute approximate surface area is 153 Å². The van der Waals surface area contributed by atoms with Crippen LogP contribution in [0.15, 0.2) is 24.3 Å². The van der Waals surface area contributed by atoms with Crippen molar-refractivity contribution in [3.63, 3.8) is 0 Å². The van der Waals surface area contributed by atoms with Gasteiger partial charge in [0.1, 0.15) is 0 Å². The molecule has 0 radical (unpaired) electrons. The topological polar surface area (TPSA) is 47.5 Å². The van der Waals surface area contributed by atoms with E-state index in [1.165, 1.54) is 24.1 Å². The van der Waals surface area contributed by atoms with Gasteiger partial charge in [0.15, 0.2) is 0 Å². The van der Waals surface area contributed by atoms with Crippen LogP contribution in [-0.2, 0) is 5.41 Å². The maximum atomic E-state index is 10.6. The summed E-state index contributed by atoms with van der Waals surface area (Å²) in [5, 5.41) is 17.5. The Hall–Kier alpha value is -1.10. The molecule has 4 nitrogen and oxygen atoms in total. The van der Waals surface area contributed by atoms with Gasteiger partial charge in [-0.05, 0) is 69.4 Å². The zero-order chi connectivity index (χ0) is 17.7. The summed E-state index contributed by atoms with van der Waals surface area (Å²) >= 11 is 0. The van der Waals surface area contributed by atoms with Crippen molar-refractivity contribution in [3.8, 4) is 0 Å². The maximum Gasteiger partial charge on any atom is 0.0696 e. The van der Waals surface area contributed by atoms with E-state index in [1.54, 1.807) is 0 Å². The summed E-state index contributed by atoms with van der Waals surface area (Å²) in [6, 6.07) is 8.79. The molecule has 3 N–H and O–H groups in total. The lowest BCUT2D eigenvalue weighted by molar-refractivity contribution is 0.0366. The molecule has 3 heterocycles. The summed E-state index contributed by atoms with van der Waals surface area (Å²) in [6.07, 6.45) is 4.50. The van der Waals surface area contributed by atoms with Crippen LogP contribution in [0.2, 0.25) is 0 Å². The Kier molecular flexibility index (Phi) is 6.37. The Balaban J connectivity index is 0.000000880. The van der Waals surface area contributed by atoms with Crippen molar-refractivity contribution in [2.75, 3.05) is 44.6 Å². The lowest BCUT2D eigenvalue weighted by Gasteiger charge is -2.41. The van der Waals surface area contributed by atoms with Crippen LogP contribution >= 0.6 is 0 Å². The van der Waals surface area contributed by atoms with Crippen LogP contribution in [0.1, 0.15) is 45.1 Å². The van der Waals surface area contributed by atoms with Crippen LogP contribution < -0.4 is 10.6 Å². The highest BCUT2D eigenvalue weighted by molar-refractivity contribution is 5.60. The van der Waals surface area contributed by atoms with Crippen molar-refractivity contribution in [2.45, 2.75) is 51.0 Å². The van der Waals surface area contributed by atoms with Gasteiger partial charge in [-0.1, -0.05) is 32.0 Å². The molecule has 4 heteroatoms. The number of piperidine rings is 2. The van der Waals surface area contributed by atoms with Crippen molar-refractivity contribution in [1.82, 2.24) is 10.2 Å². The van der Waals surface area contributed by atoms with Crippen LogP contribution in [0, 0.1) is 5.92 Å². The summed E-state index contributed by atoms with van der Waals surface area (Å²) in [6.45, 7) is 10.3. The monoisotopic (exact) mass is 345 g/mol. The largest absolute Gasteiger partial charge is 0.392 e. The Morgan fingerprint density at radius 2 is 1.84 bits per heavy atom. The second kappa shape index (κ2) is 8.52. The van der Waals surface area contributed by atoms with Gasteiger partial charge >= 0.3 is 0 Å². The number of nitrogens with one attached hydrogen (secondary N) is 2. The van der Waals surface area contributed by atoms with Gasteiger partial charge in [0, 0.05) is 24.2 Å². The minimum atomic E-state index is -0.153. The average molecular weight is 346 g/mol. The van der Waals surface area contributed by atoms with Crippen molar-refractivity contribution in [1.29, 1.82) is 0 Å². The number of likely N-dealkylation sites (tertiary alicyclic amines) is 1.